The second kappa shape index (κ2) is 6.50. The van der Waals surface area contributed by atoms with Gasteiger partial charge in [0, 0.05) is 6.07 Å². The van der Waals surface area contributed by atoms with Crippen LogP contribution in [-0.4, -0.2) is 19.3 Å². The van der Waals surface area contributed by atoms with E-state index in [1.165, 1.54) is 0 Å². The van der Waals surface area contributed by atoms with E-state index in [1.54, 1.807) is 20.3 Å². The molecule has 0 saturated carbocycles. The van der Waals surface area contributed by atoms with Gasteiger partial charge in [-0.15, -0.1) is 0 Å². The minimum absolute atomic E-state index is 0.233. The van der Waals surface area contributed by atoms with Crippen LogP contribution in [0.3, 0.4) is 0 Å². The molecule has 0 heterocycles. The predicted octanol–water partition coefficient (Wildman–Crippen LogP) is 3.17. The van der Waals surface area contributed by atoms with Crippen molar-refractivity contribution < 1.29 is 14.6 Å². The van der Waals surface area contributed by atoms with Crippen LogP contribution in [-0.2, 0) is 0 Å². The molecule has 1 aromatic carbocycles. The van der Waals surface area contributed by atoms with Crippen LogP contribution in [0.15, 0.2) is 18.2 Å². The summed E-state index contributed by atoms with van der Waals surface area (Å²) in [7, 11) is 3.22. The summed E-state index contributed by atoms with van der Waals surface area (Å²) in [6.07, 6.45) is 1.60. The lowest BCUT2D eigenvalue weighted by Crippen LogP contribution is -2.09. The lowest BCUT2D eigenvalue weighted by Gasteiger charge is -2.19. The zero-order valence-electron chi connectivity index (χ0n) is 11.1. The third-order valence-corrected chi connectivity index (χ3v) is 3.00. The Morgan fingerprint density at radius 2 is 1.65 bits per heavy atom. The van der Waals surface area contributed by atoms with E-state index in [0.717, 1.165) is 18.4 Å². The normalized spacial score (nSPS) is 14.2. The van der Waals surface area contributed by atoms with E-state index in [-0.39, 0.29) is 5.92 Å². The first-order chi connectivity index (χ1) is 8.12. The van der Waals surface area contributed by atoms with Crippen LogP contribution in [0.1, 0.15) is 38.4 Å². The number of aliphatic hydroxyl groups excluding tert-OH is 1. The molecule has 17 heavy (non-hydrogen) atoms. The molecule has 0 spiro atoms. The fraction of sp³-hybridized carbons (Fsp3) is 0.571. The van der Waals surface area contributed by atoms with Crippen LogP contribution >= 0.6 is 0 Å². The summed E-state index contributed by atoms with van der Waals surface area (Å²) >= 11 is 0. The Morgan fingerprint density at radius 1 is 1.12 bits per heavy atom. The van der Waals surface area contributed by atoms with Crippen molar-refractivity contribution >= 4 is 0 Å². The van der Waals surface area contributed by atoms with Crippen LogP contribution in [0.4, 0.5) is 0 Å². The molecular formula is C14H22O3. The average molecular weight is 238 g/mol. The summed E-state index contributed by atoms with van der Waals surface area (Å²) in [6.45, 7) is 4.18. The van der Waals surface area contributed by atoms with Gasteiger partial charge in [0.1, 0.15) is 11.5 Å². The molecule has 2 atom stereocenters. The van der Waals surface area contributed by atoms with Gasteiger partial charge in [0.25, 0.3) is 0 Å². The first-order valence-electron chi connectivity index (χ1n) is 6.03. The van der Waals surface area contributed by atoms with Crippen LogP contribution < -0.4 is 9.47 Å². The summed E-state index contributed by atoms with van der Waals surface area (Å²) in [6, 6.07) is 5.53. The Morgan fingerprint density at radius 3 is 2.06 bits per heavy atom. The topological polar surface area (TPSA) is 38.7 Å². The highest BCUT2D eigenvalue weighted by molar-refractivity contribution is 5.39. The summed E-state index contributed by atoms with van der Waals surface area (Å²) in [5.74, 6) is 1.65. The highest BCUT2D eigenvalue weighted by Crippen LogP contribution is 2.31. The maximum absolute atomic E-state index is 10.2. The molecule has 0 radical (unpaired) electrons. The number of rotatable bonds is 6. The Kier molecular flexibility index (Phi) is 5.29. The van der Waals surface area contributed by atoms with E-state index < -0.39 is 6.10 Å². The molecule has 0 aliphatic rings. The Balaban J connectivity index is 2.95. The van der Waals surface area contributed by atoms with Gasteiger partial charge < -0.3 is 14.6 Å². The van der Waals surface area contributed by atoms with Gasteiger partial charge in [-0.3, -0.25) is 0 Å². The van der Waals surface area contributed by atoms with Gasteiger partial charge in [-0.25, -0.2) is 0 Å². The third-order valence-electron chi connectivity index (χ3n) is 3.00. The van der Waals surface area contributed by atoms with Gasteiger partial charge in [-0.2, -0.15) is 0 Å². The Labute approximate surface area is 103 Å². The maximum Gasteiger partial charge on any atom is 0.122 e. The quantitative estimate of drug-likeness (QED) is 0.827. The van der Waals surface area contributed by atoms with Gasteiger partial charge in [-0.1, -0.05) is 20.3 Å². The zero-order chi connectivity index (χ0) is 12.8. The van der Waals surface area contributed by atoms with Crippen molar-refractivity contribution in [1.29, 1.82) is 0 Å². The SMILES string of the molecule is CCCC(C)C(O)c1cc(OC)cc(OC)c1. The van der Waals surface area contributed by atoms with Crippen LogP contribution in [0.2, 0.25) is 0 Å². The van der Waals surface area contributed by atoms with Gasteiger partial charge in [0.2, 0.25) is 0 Å². The van der Waals surface area contributed by atoms with Crippen molar-refractivity contribution in [3.8, 4) is 11.5 Å². The number of aliphatic hydroxyl groups is 1. The number of ether oxygens (including phenoxy) is 2. The second-order valence-corrected chi connectivity index (χ2v) is 4.36. The van der Waals surface area contributed by atoms with E-state index >= 15 is 0 Å². The van der Waals surface area contributed by atoms with Crippen molar-refractivity contribution in [1.82, 2.24) is 0 Å². The summed E-state index contributed by atoms with van der Waals surface area (Å²) < 4.78 is 10.4. The molecule has 2 unspecified atom stereocenters. The average Bonchev–Trinajstić information content (AvgIpc) is 2.37. The number of benzene rings is 1. The molecule has 0 fully saturated rings. The monoisotopic (exact) mass is 238 g/mol. The molecule has 1 rings (SSSR count). The van der Waals surface area contributed by atoms with Crippen molar-refractivity contribution in [2.45, 2.75) is 32.8 Å². The first kappa shape index (κ1) is 13.8. The molecule has 0 bridgehead atoms. The van der Waals surface area contributed by atoms with E-state index in [9.17, 15) is 5.11 Å². The molecule has 0 saturated heterocycles. The highest BCUT2D eigenvalue weighted by Gasteiger charge is 2.17. The molecule has 1 aromatic rings. The number of methoxy groups -OCH3 is 2. The summed E-state index contributed by atoms with van der Waals surface area (Å²) in [5.41, 5.74) is 0.849. The smallest absolute Gasteiger partial charge is 0.122 e. The third kappa shape index (κ3) is 3.63. The standard InChI is InChI=1S/C14H22O3/c1-5-6-10(2)14(15)11-7-12(16-3)9-13(8-11)17-4/h7-10,14-15H,5-6H2,1-4H3. The van der Waals surface area contributed by atoms with E-state index in [4.69, 9.17) is 9.47 Å². The minimum Gasteiger partial charge on any atom is -0.497 e. The molecule has 0 aliphatic heterocycles. The van der Waals surface area contributed by atoms with E-state index in [0.29, 0.717) is 11.5 Å². The van der Waals surface area contributed by atoms with Crippen LogP contribution in [0, 0.1) is 5.92 Å². The van der Waals surface area contributed by atoms with Gasteiger partial charge >= 0.3 is 0 Å². The van der Waals surface area contributed by atoms with E-state index in [2.05, 4.69) is 13.8 Å². The molecule has 96 valence electrons. The molecule has 0 aromatic heterocycles. The largest absolute Gasteiger partial charge is 0.497 e. The van der Waals surface area contributed by atoms with E-state index in [1.807, 2.05) is 12.1 Å². The maximum atomic E-state index is 10.2. The lowest BCUT2D eigenvalue weighted by atomic mass is 9.93. The number of hydrogen-bond donors (Lipinski definition) is 1. The fourth-order valence-corrected chi connectivity index (χ4v) is 1.94. The minimum atomic E-state index is -0.473. The van der Waals surface area contributed by atoms with Crippen molar-refractivity contribution in [3.05, 3.63) is 23.8 Å². The number of hydrogen-bond acceptors (Lipinski definition) is 3. The lowest BCUT2D eigenvalue weighted by molar-refractivity contribution is 0.112. The Bertz CT molecular complexity index is 327. The van der Waals surface area contributed by atoms with Gasteiger partial charge in [0.15, 0.2) is 0 Å². The summed E-state index contributed by atoms with van der Waals surface area (Å²) in [5, 5.41) is 10.2. The summed E-state index contributed by atoms with van der Waals surface area (Å²) in [4.78, 5) is 0. The molecule has 3 heteroatoms. The predicted molar refractivity (Wildman–Crippen MR) is 68.6 cm³/mol. The molecule has 3 nitrogen and oxygen atoms in total. The van der Waals surface area contributed by atoms with Crippen molar-refractivity contribution in [3.63, 3.8) is 0 Å². The fourth-order valence-electron chi connectivity index (χ4n) is 1.94. The van der Waals surface area contributed by atoms with Crippen molar-refractivity contribution in [2.24, 2.45) is 5.92 Å². The second-order valence-electron chi connectivity index (χ2n) is 4.36. The van der Waals surface area contributed by atoms with Gasteiger partial charge in [0.05, 0.1) is 20.3 Å². The van der Waals surface area contributed by atoms with Crippen molar-refractivity contribution in [2.75, 3.05) is 14.2 Å². The first-order valence-corrected chi connectivity index (χ1v) is 6.03. The van der Waals surface area contributed by atoms with Crippen LogP contribution in [0.25, 0.3) is 0 Å². The molecule has 1 N–H and O–H groups in total. The molecule has 0 aliphatic carbocycles. The zero-order valence-corrected chi connectivity index (χ0v) is 11.1. The van der Waals surface area contributed by atoms with Crippen LogP contribution in [0.5, 0.6) is 11.5 Å². The molecular weight excluding hydrogens is 216 g/mol. The molecule has 0 amide bonds. The highest BCUT2D eigenvalue weighted by atomic mass is 16.5. The van der Waals surface area contributed by atoms with Gasteiger partial charge in [-0.05, 0) is 30.0 Å². The Hall–Kier alpha value is -1.22.